The number of hydrogen-bond donors (Lipinski definition) is 3. The van der Waals surface area contributed by atoms with Crippen LogP contribution in [0.3, 0.4) is 0 Å². The molecule has 3 rings (SSSR count). The molecule has 1 fully saturated rings. The zero-order valence-corrected chi connectivity index (χ0v) is 28.2. The number of aryl methyl sites for hydroxylation is 2. The summed E-state index contributed by atoms with van der Waals surface area (Å²) >= 11 is 0. The van der Waals surface area contributed by atoms with Crippen molar-refractivity contribution in [2.75, 3.05) is 26.2 Å². The number of nitrogens with two attached hydrogens (primary N) is 1. The summed E-state index contributed by atoms with van der Waals surface area (Å²) in [7, 11) is 0. The fourth-order valence-corrected chi connectivity index (χ4v) is 6.58. The third-order valence-corrected chi connectivity index (χ3v) is 9.61. The lowest BCUT2D eigenvalue weighted by molar-refractivity contribution is 0.259. The van der Waals surface area contributed by atoms with E-state index in [4.69, 9.17) is 5.73 Å². The molecule has 0 spiro atoms. The van der Waals surface area contributed by atoms with Crippen molar-refractivity contribution in [1.82, 2.24) is 10.6 Å². The lowest BCUT2D eigenvalue weighted by Gasteiger charge is -2.28. The largest absolute Gasteiger partial charge is 0.330 e. The highest BCUT2D eigenvalue weighted by molar-refractivity contribution is 5.28. The zero-order valence-electron chi connectivity index (χ0n) is 28.2. The first-order valence-corrected chi connectivity index (χ1v) is 17.4. The second-order valence-electron chi connectivity index (χ2n) is 15.4. The van der Waals surface area contributed by atoms with Gasteiger partial charge in [-0.2, -0.15) is 0 Å². The van der Waals surface area contributed by atoms with Crippen molar-refractivity contribution in [3.8, 4) is 0 Å². The van der Waals surface area contributed by atoms with Crippen LogP contribution in [-0.2, 0) is 23.7 Å². The Balaban J connectivity index is 1.40. The first kappa shape index (κ1) is 34.8. The third kappa shape index (κ3) is 12.9. The average Bonchev–Trinajstić information content (AvgIpc) is 2.95. The van der Waals surface area contributed by atoms with E-state index in [1.54, 1.807) is 0 Å². The summed E-state index contributed by atoms with van der Waals surface area (Å²) in [5, 5.41) is 7.73. The zero-order chi connectivity index (χ0) is 30.4. The Morgan fingerprint density at radius 3 is 1.60 bits per heavy atom. The number of rotatable bonds is 17. The van der Waals surface area contributed by atoms with Gasteiger partial charge in [-0.1, -0.05) is 103 Å². The van der Waals surface area contributed by atoms with E-state index >= 15 is 0 Å². The van der Waals surface area contributed by atoms with Crippen molar-refractivity contribution in [2.45, 2.75) is 135 Å². The summed E-state index contributed by atoms with van der Waals surface area (Å²) in [5.74, 6) is 1.76. The van der Waals surface area contributed by atoms with Crippen molar-refractivity contribution in [3.05, 3.63) is 70.8 Å². The molecule has 2 aromatic carbocycles. The molecule has 0 saturated heterocycles. The van der Waals surface area contributed by atoms with Crippen LogP contribution in [0.25, 0.3) is 0 Å². The van der Waals surface area contributed by atoms with Crippen LogP contribution in [0.1, 0.15) is 128 Å². The molecule has 0 radical (unpaired) electrons. The molecule has 4 N–H and O–H groups in total. The molecular formula is C39H65N3. The Morgan fingerprint density at radius 2 is 1.14 bits per heavy atom. The highest BCUT2D eigenvalue weighted by Crippen LogP contribution is 2.30. The van der Waals surface area contributed by atoms with Crippen LogP contribution in [0, 0.1) is 11.8 Å². The molecule has 2 aromatic rings. The smallest absolute Gasteiger partial charge is 0.00672 e. The third-order valence-electron chi connectivity index (χ3n) is 9.61. The molecule has 1 aliphatic carbocycles. The molecule has 1 saturated carbocycles. The molecule has 42 heavy (non-hydrogen) atoms. The van der Waals surface area contributed by atoms with Gasteiger partial charge in [0.1, 0.15) is 0 Å². The van der Waals surface area contributed by atoms with E-state index in [0.717, 1.165) is 31.5 Å². The molecule has 3 nitrogen and oxygen atoms in total. The lowest BCUT2D eigenvalue weighted by Crippen LogP contribution is -2.33. The van der Waals surface area contributed by atoms with Crippen LogP contribution >= 0.6 is 0 Å². The molecule has 236 valence electrons. The molecule has 0 aliphatic heterocycles. The Morgan fingerprint density at radius 1 is 0.667 bits per heavy atom. The molecule has 0 bridgehead atoms. The van der Waals surface area contributed by atoms with Gasteiger partial charge in [0.15, 0.2) is 0 Å². The topological polar surface area (TPSA) is 50.1 Å². The normalized spacial score (nSPS) is 18.1. The summed E-state index contributed by atoms with van der Waals surface area (Å²) in [6.45, 7) is 18.1. The molecule has 0 amide bonds. The summed E-state index contributed by atoms with van der Waals surface area (Å²) < 4.78 is 0. The number of hydrogen-bond acceptors (Lipinski definition) is 3. The van der Waals surface area contributed by atoms with Gasteiger partial charge in [0, 0.05) is 6.04 Å². The number of benzene rings is 2. The van der Waals surface area contributed by atoms with Crippen LogP contribution in [-0.4, -0.2) is 32.2 Å². The Labute approximate surface area is 260 Å². The first-order valence-electron chi connectivity index (χ1n) is 17.4. The minimum absolute atomic E-state index is 0.222. The van der Waals surface area contributed by atoms with Gasteiger partial charge in [-0.05, 0) is 135 Å². The van der Waals surface area contributed by atoms with Gasteiger partial charge >= 0.3 is 0 Å². The van der Waals surface area contributed by atoms with Crippen molar-refractivity contribution in [1.29, 1.82) is 0 Å². The van der Waals surface area contributed by atoms with E-state index in [0.29, 0.717) is 6.04 Å². The van der Waals surface area contributed by atoms with Crippen LogP contribution in [0.4, 0.5) is 0 Å². The molecule has 3 heteroatoms. The monoisotopic (exact) mass is 576 g/mol. The van der Waals surface area contributed by atoms with Crippen LogP contribution in [0.15, 0.2) is 48.5 Å². The Bertz CT molecular complexity index is 909. The van der Waals surface area contributed by atoms with E-state index < -0.39 is 0 Å². The number of nitrogens with one attached hydrogen (secondary N) is 2. The van der Waals surface area contributed by atoms with Gasteiger partial charge in [-0.15, -0.1) is 0 Å². The first-order chi connectivity index (χ1) is 20.0. The highest BCUT2D eigenvalue weighted by Gasteiger charge is 2.20. The molecular weight excluding hydrogens is 510 g/mol. The molecule has 0 heterocycles. The predicted molar refractivity (Wildman–Crippen MR) is 185 cm³/mol. The molecule has 0 unspecified atom stereocenters. The highest BCUT2D eigenvalue weighted by atomic mass is 14.9. The maximum Gasteiger partial charge on any atom is 0.00672 e. The van der Waals surface area contributed by atoms with Crippen molar-refractivity contribution in [2.24, 2.45) is 17.6 Å². The maximum atomic E-state index is 5.77. The summed E-state index contributed by atoms with van der Waals surface area (Å²) in [5.41, 5.74) is 12.0. The van der Waals surface area contributed by atoms with Gasteiger partial charge < -0.3 is 16.4 Å². The van der Waals surface area contributed by atoms with Crippen molar-refractivity contribution < 1.29 is 0 Å². The maximum absolute atomic E-state index is 5.77. The predicted octanol–water partition coefficient (Wildman–Crippen LogP) is 8.72. The minimum atomic E-state index is 0.222. The van der Waals surface area contributed by atoms with Gasteiger partial charge in [-0.25, -0.2) is 0 Å². The van der Waals surface area contributed by atoms with Gasteiger partial charge in [-0.3, -0.25) is 0 Å². The Kier molecular flexibility index (Phi) is 14.6. The summed E-state index contributed by atoms with van der Waals surface area (Å²) in [6.07, 6.45) is 15.3. The molecule has 0 aromatic heterocycles. The van der Waals surface area contributed by atoms with E-state index in [1.807, 2.05) is 0 Å². The summed E-state index contributed by atoms with van der Waals surface area (Å²) in [6, 6.07) is 19.3. The SMILES string of the molecule is CC(C)(C)c1ccc(CCCC(CCCc2ccc(C(C)(C)C)cc2)NCCCNCC2CCC(CCN)CC2)cc1. The fourth-order valence-electron chi connectivity index (χ4n) is 6.58. The van der Waals surface area contributed by atoms with Crippen molar-refractivity contribution >= 4 is 0 Å². The quantitative estimate of drug-likeness (QED) is 0.165. The van der Waals surface area contributed by atoms with E-state index in [-0.39, 0.29) is 10.8 Å². The molecule has 0 atom stereocenters. The van der Waals surface area contributed by atoms with E-state index in [2.05, 4.69) is 101 Å². The average molecular weight is 576 g/mol. The van der Waals surface area contributed by atoms with Crippen LogP contribution in [0.2, 0.25) is 0 Å². The van der Waals surface area contributed by atoms with Gasteiger partial charge in [0.05, 0.1) is 0 Å². The lowest BCUT2D eigenvalue weighted by atomic mass is 9.80. The van der Waals surface area contributed by atoms with Crippen LogP contribution in [0.5, 0.6) is 0 Å². The fraction of sp³-hybridized carbons (Fsp3) is 0.692. The van der Waals surface area contributed by atoms with Gasteiger partial charge in [0.25, 0.3) is 0 Å². The minimum Gasteiger partial charge on any atom is -0.330 e. The van der Waals surface area contributed by atoms with Crippen LogP contribution < -0.4 is 16.4 Å². The molecule has 1 aliphatic rings. The van der Waals surface area contributed by atoms with E-state index in [9.17, 15) is 0 Å². The van der Waals surface area contributed by atoms with Crippen molar-refractivity contribution in [3.63, 3.8) is 0 Å². The Hall–Kier alpha value is -1.68. The summed E-state index contributed by atoms with van der Waals surface area (Å²) in [4.78, 5) is 0. The van der Waals surface area contributed by atoms with Gasteiger partial charge in [0.2, 0.25) is 0 Å². The second kappa shape index (κ2) is 17.6. The second-order valence-corrected chi connectivity index (χ2v) is 15.4. The van der Waals surface area contributed by atoms with E-state index in [1.165, 1.54) is 106 Å². The standard InChI is InChI=1S/C39H65N3/c1-38(2,3)35-22-18-31(19-23-35)10-7-12-37(13-8-11-32-20-24-36(25-21-32)39(4,5)6)42-29-9-28-41-30-34-16-14-33(15-17-34)26-27-40/h18-25,33-34,37,41-42H,7-17,26-30,40H2,1-6H3.